The second-order valence-electron chi connectivity index (χ2n) is 4.20. The van der Waals surface area contributed by atoms with Gasteiger partial charge in [0, 0.05) is 5.56 Å². The summed E-state index contributed by atoms with van der Waals surface area (Å²) >= 11 is 1.34. The highest BCUT2D eigenvalue weighted by Crippen LogP contribution is 2.21. The third kappa shape index (κ3) is 3.01. The van der Waals surface area contributed by atoms with Crippen molar-refractivity contribution < 1.29 is 9.21 Å². The summed E-state index contributed by atoms with van der Waals surface area (Å²) in [4.78, 5) is 16.2. The summed E-state index contributed by atoms with van der Waals surface area (Å²) < 4.78 is 5.42. The molecule has 0 spiro atoms. The Morgan fingerprint density at radius 2 is 2.11 bits per heavy atom. The van der Waals surface area contributed by atoms with E-state index in [0.29, 0.717) is 11.0 Å². The number of oxazole rings is 1. The van der Waals surface area contributed by atoms with Crippen LogP contribution in [0.2, 0.25) is 0 Å². The van der Waals surface area contributed by atoms with Crippen LogP contribution in [0.3, 0.4) is 0 Å². The van der Waals surface area contributed by atoms with E-state index in [1.54, 1.807) is 0 Å². The number of carbonyl (C=O) groups is 1. The van der Waals surface area contributed by atoms with Crippen molar-refractivity contribution in [2.24, 2.45) is 0 Å². The molecule has 0 aliphatic rings. The second kappa shape index (κ2) is 5.40. The van der Waals surface area contributed by atoms with Gasteiger partial charge in [-0.05, 0) is 26.8 Å². The lowest BCUT2D eigenvalue weighted by Crippen LogP contribution is -2.02. The number of ketones is 1. The molecule has 1 aromatic carbocycles. The Morgan fingerprint density at radius 1 is 1.33 bits per heavy atom. The largest absolute Gasteiger partial charge is 0.437 e. The molecule has 0 amide bonds. The molecule has 3 nitrogen and oxygen atoms in total. The summed E-state index contributed by atoms with van der Waals surface area (Å²) in [7, 11) is 0. The molecule has 0 radical (unpaired) electrons. The van der Waals surface area contributed by atoms with Gasteiger partial charge in [0.05, 0.1) is 11.4 Å². The van der Waals surface area contributed by atoms with Crippen LogP contribution >= 0.6 is 11.8 Å². The van der Waals surface area contributed by atoms with E-state index in [1.165, 1.54) is 11.8 Å². The summed E-state index contributed by atoms with van der Waals surface area (Å²) in [6, 6.07) is 7.61. The quantitative estimate of drug-likeness (QED) is 0.623. The Hall–Kier alpha value is -1.55. The van der Waals surface area contributed by atoms with Crippen LogP contribution in [0.25, 0.3) is 0 Å². The number of aromatic nitrogens is 1. The zero-order valence-corrected chi connectivity index (χ0v) is 11.5. The van der Waals surface area contributed by atoms with Gasteiger partial charge >= 0.3 is 0 Å². The van der Waals surface area contributed by atoms with Gasteiger partial charge in [0.1, 0.15) is 5.76 Å². The number of aryl methyl sites for hydroxylation is 3. The number of rotatable bonds is 4. The summed E-state index contributed by atoms with van der Waals surface area (Å²) in [5.74, 6) is 1.25. The van der Waals surface area contributed by atoms with Crippen LogP contribution in [-0.4, -0.2) is 16.5 Å². The summed E-state index contributed by atoms with van der Waals surface area (Å²) in [6.07, 6.45) is 0. The number of thioether (sulfide) groups is 1. The molecule has 0 aliphatic heterocycles. The van der Waals surface area contributed by atoms with E-state index in [-0.39, 0.29) is 5.78 Å². The van der Waals surface area contributed by atoms with Gasteiger partial charge < -0.3 is 4.42 Å². The first-order valence-corrected chi connectivity index (χ1v) is 6.71. The molecule has 4 heteroatoms. The van der Waals surface area contributed by atoms with Gasteiger partial charge in [-0.3, -0.25) is 4.79 Å². The van der Waals surface area contributed by atoms with E-state index < -0.39 is 0 Å². The molecule has 0 saturated heterocycles. The van der Waals surface area contributed by atoms with Gasteiger partial charge in [-0.15, -0.1) is 0 Å². The van der Waals surface area contributed by atoms with Crippen LogP contribution in [0, 0.1) is 20.8 Å². The predicted molar refractivity (Wildman–Crippen MR) is 72.2 cm³/mol. The minimum atomic E-state index is 0.0946. The fourth-order valence-electron chi connectivity index (χ4n) is 1.53. The van der Waals surface area contributed by atoms with Crippen molar-refractivity contribution in [2.75, 3.05) is 5.75 Å². The molecule has 2 rings (SSSR count). The van der Waals surface area contributed by atoms with Gasteiger partial charge in [0.25, 0.3) is 5.22 Å². The van der Waals surface area contributed by atoms with E-state index in [0.717, 1.165) is 22.6 Å². The van der Waals surface area contributed by atoms with Crippen molar-refractivity contribution in [1.82, 2.24) is 4.98 Å². The highest BCUT2D eigenvalue weighted by molar-refractivity contribution is 7.99. The lowest BCUT2D eigenvalue weighted by atomic mass is 10.1. The van der Waals surface area contributed by atoms with Crippen molar-refractivity contribution in [1.29, 1.82) is 0 Å². The minimum absolute atomic E-state index is 0.0946. The fourth-order valence-corrected chi connectivity index (χ4v) is 2.34. The van der Waals surface area contributed by atoms with Gasteiger partial charge in [0.15, 0.2) is 5.78 Å². The molecule has 0 saturated carbocycles. The predicted octanol–water partition coefficient (Wildman–Crippen LogP) is 3.57. The average Bonchev–Trinajstić information content (AvgIpc) is 2.66. The van der Waals surface area contributed by atoms with E-state index in [1.807, 2.05) is 45.0 Å². The van der Waals surface area contributed by atoms with Crippen molar-refractivity contribution in [3.63, 3.8) is 0 Å². The van der Waals surface area contributed by atoms with Crippen molar-refractivity contribution >= 4 is 17.5 Å². The Bertz CT molecular complexity index is 555. The second-order valence-corrected chi connectivity index (χ2v) is 5.13. The maximum absolute atomic E-state index is 12.0. The first-order chi connectivity index (χ1) is 8.56. The molecule has 94 valence electrons. The number of Topliss-reactive ketones (excluding diaryl/α,β-unsaturated/α-hetero) is 1. The Morgan fingerprint density at radius 3 is 2.72 bits per heavy atom. The molecular formula is C14H15NO2S. The maximum Gasteiger partial charge on any atom is 0.256 e. The lowest BCUT2D eigenvalue weighted by Gasteiger charge is -2.00. The third-order valence-electron chi connectivity index (χ3n) is 2.68. The molecule has 0 unspecified atom stereocenters. The van der Waals surface area contributed by atoms with Crippen LogP contribution in [0.4, 0.5) is 0 Å². The van der Waals surface area contributed by atoms with Crippen molar-refractivity contribution in [3.05, 3.63) is 46.8 Å². The molecule has 2 aromatic rings. The lowest BCUT2D eigenvalue weighted by molar-refractivity contribution is 0.102. The van der Waals surface area contributed by atoms with Gasteiger partial charge in [-0.2, -0.15) is 0 Å². The Kier molecular flexibility index (Phi) is 3.87. The monoisotopic (exact) mass is 261 g/mol. The van der Waals surface area contributed by atoms with E-state index in [9.17, 15) is 4.79 Å². The zero-order valence-electron chi connectivity index (χ0n) is 10.7. The maximum atomic E-state index is 12.0. The topological polar surface area (TPSA) is 43.1 Å². The normalized spacial score (nSPS) is 10.6. The minimum Gasteiger partial charge on any atom is -0.437 e. The fraction of sp³-hybridized carbons (Fsp3) is 0.286. The number of hydrogen-bond acceptors (Lipinski definition) is 4. The van der Waals surface area contributed by atoms with Gasteiger partial charge in [-0.1, -0.05) is 35.5 Å². The SMILES string of the molecule is Cc1cccc(C(=O)CSc2nc(C)c(C)o2)c1. The van der Waals surface area contributed by atoms with Crippen molar-refractivity contribution in [2.45, 2.75) is 26.0 Å². The summed E-state index contributed by atoms with van der Waals surface area (Å²) in [6.45, 7) is 5.74. The molecule has 1 aromatic heterocycles. The molecular weight excluding hydrogens is 246 g/mol. The number of nitrogens with zero attached hydrogens (tertiary/aromatic N) is 1. The average molecular weight is 261 g/mol. The summed E-state index contributed by atoms with van der Waals surface area (Å²) in [5.41, 5.74) is 2.71. The standard InChI is InChI=1S/C14H15NO2S/c1-9-5-4-6-12(7-9)13(16)8-18-14-15-10(2)11(3)17-14/h4-7H,8H2,1-3H3. The van der Waals surface area contributed by atoms with Crippen molar-refractivity contribution in [3.8, 4) is 0 Å². The van der Waals surface area contributed by atoms with E-state index >= 15 is 0 Å². The Balaban J connectivity index is 2.00. The molecule has 0 atom stereocenters. The summed E-state index contributed by atoms with van der Waals surface area (Å²) in [5, 5.41) is 0.561. The molecule has 0 aliphatic carbocycles. The van der Waals surface area contributed by atoms with Crippen LogP contribution in [0.15, 0.2) is 33.9 Å². The molecule has 1 heterocycles. The van der Waals surface area contributed by atoms with E-state index in [4.69, 9.17) is 4.42 Å². The third-order valence-corrected chi connectivity index (χ3v) is 3.50. The van der Waals surface area contributed by atoms with Gasteiger partial charge in [-0.25, -0.2) is 4.98 Å². The highest BCUT2D eigenvalue weighted by Gasteiger charge is 2.11. The first-order valence-electron chi connectivity index (χ1n) is 5.73. The van der Waals surface area contributed by atoms with Gasteiger partial charge in [0.2, 0.25) is 0 Å². The molecule has 18 heavy (non-hydrogen) atoms. The molecule has 0 N–H and O–H groups in total. The van der Waals surface area contributed by atoms with E-state index in [2.05, 4.69) is 4.98 Å². The number of carbonyl (C=O) groups excluding carboxylic acids is 1. The van der Waals surface area contributed by atoms with Crippen LogP contribution in [0.1, 0.15) is 27.4 Å². The molecule has 0 bridgehead atoms. The first kappa shape index (κ1) is 12.9. The smallest absolute Gasteiger partial charge is 0.256 e. The number of benzene rings is 1. The molecule has 0 fully saturated rings. The Labute approximate surface area is 111 Å². The van der Waals surface area contributed by atoms with Crippen LogP contribution < -0.4 is 0 Å². The van der Waals surface area contributed by atoms with Crippen LogP contribution in [-0.2, 0) is 0 Å². The highest BCUT2D eigenvalue weighted by atomic mass is 32.2. The zero-order chi connectivity index (χ0) is 13.1. The number of hydrogen-bond donors (Lipinski definition) is 0. The van der Waals surface area contributed by atoms with Crippen LogP contribution in [0.5, 0.6) is 0 Å².